The first-order chi connectivity index (χ1) is 2.56. The number of nitrogens with two attached hydrogens (primary N) is 1. The predicted octanol–water partition coefficient (Wildman–Crippen LogP) is -0.778. The Hall–Kier alpha value is -0.350. The Morgan fingerprint density at radius 3 is 1.83 bits per heavy atom. The molecule has 0 aliphatic carbocycles. The van der Waals surface area contributed by atoms with Crippen LogP contribution in [-0.2, 0) is 10.0 Å². The fourth-order valence-electron chi connectivity index (χ4n) is 0. The smallest absolute Gasteiger partial charge is 0.225 e. The molecule has 0 saturated carbocycles. The van der Waals surface area contributed by atoms with Crippen LogP contribution in [0.15, 0.2) is 6.58 Å². The maximum atomic E-state index is 9.60. The summed E-state index contributed by atoms with van der Waals surface area (Å²) in [5.41, 5.74) is 0. The summed E-state index contributed by atoms with van der Waals surface area (Å²) in [6.07, 6.45) is 0. The lowest BCUT2D eigenvalue weighted by molar-refractivity contribution is 0.605. The molecule has 2 N–H and O–H groups in total. The second-order valence-corrected chi connectivity index (χ2v) is 2.07. The Balaban J connectivity index is 4.25. The Labute approximate surface area is 36.5 Å². The number of hydrogen-bond donors (Lipinski definition) is 1. The third-order valence-corrected chi connectivity index (χ3v) is 0.604. The van der Waals surface area contributed by atoms with Crippen LogP contribution in [0.1, 0.15) is 0 Å². The van der Waals surface area contributed by atoms with Gasteiger partial charge in [-0.15, -0.1) is 0 Å². The van der Waals surface area contributed by atoms with E-state index in [1.165, 1.54) is 0 Å². The first-order valence-electron chi connectivity index (χ1n) is 1.13. The lowest BCUT2D eigenvalue weighted by Crippen LogP contribution is -2.06. The largest absolute Gasteiger partial charge is 0.238 e. The maximum absolute atomic E-state index is 9.60. The molecule has 0 unspecified atom stereocenters. The van der Waals surface area contributed by atoms with E-state index in [0.29, 0.717) is 0 Å². The SMILES string of the molecule is C=[C]S(N)(=O)=O. The van der Waals surface area contributed by atoms with Crippen molar-refractivity contribution in [3.63, 3.8) is 0 Å². The average molecular weight is 106 g/mol. The Kier molecular flexibility index (Phi) is 1.32. The zero-order valence-electron chi connectivity index (χ0n) is 3.01. The van der Waals surface area contributed by atoms with Crippen LogP contribution in [0.5, 0.6) is 0 Å². The molecule has 0 aromatic rings. The fourth-order valence-corrected chi connectivity index (χ4v) is 0. The minimum absolute atomic E-state index is 1.60. The zero-order chi connectivity index (χ0) is 5.21. The molecule has 0 aliphatic rings. The van der Waals surface area contributed by atoms with E-state index in [0.717, 1.165) is 0 Å². The van der Waals surface area contributed by atoms with E-state index in [1.807, 2.05) is 0 Å². The first kappa shape index (κ1) is 5.65. The van der Waals surface area contributed by atoms with Crippen LogP contribution in [0.4, 0.5) is 0 Å². The van der Waals surface area contributed by atoms with Gasteiger partial charge in [-0.1, -0.05) is 6.58 Å². The van der Waals surface area contributed by atoms with E-state index in [4.69, 9.17) is 0 Å². The molecule has 0 aromatic heterocycles. The van der Waals surface area contributed by atoms with E-state index in [1.54, 1.807) is 5.41 Å². The van der Waals surface area contributed by atoms with Crippen LogP contribution in [0.25, 0.3) is 0 Å². The molecule has 0 bridgehead atoms. The van der Waals surface area contributed by atoms with Crippen molar-refractivity contribution in [2.24, 2.45) is 5.14 Å². The van der Waals surface area contributed by atoms with Gasteiger partial charge in [0.25, 0.3) is 0 Å². The molecule has 0 atom stereocenters. The van der Waals surface area contributed by atoms with Crippen molar-refractivity contribution in [3.8, 4) is 0 Å². The summed E-state index contributed by atoms with van der Waals surface area (Å²) in [4.78, 5) is 0. The molecule has 6 heavy (non-hydrogen) atoms. The highest BCUT2D eigenvalue weighted by Gasteiger charge is 1.86. The summed E-state index contributed by atoms with van der Waals surface area (Å²) in [7, 11) is -3.52. The van der Waals surface area contributed by atoms with E-state index in [9.17, 15) is 8.42 Å². The van der Waals surface area contributed by atoms with E-state index < -0.39 is 10.0 Å². The molecule has 35 valence electrons. The van der Waals surface area contributed by atoms with Gasteiger partial charge in [0, 0.05) is 0 Å². The predicted molar refractivity (Wildman–Crippen MR) is 22.0 cm³/mol. The van der Waals surface area contributed by atoms with Crippen molar-refractivity contribution >= 4 is 10.0 Å². The molecule has 0 fully saturated rings. The zero-order valence-corrected chi connectivity index (χ0v) is 3.83. The van der Waals surface area contributed by atoms with E-state index in [-0.39, 0.29) is 0 Å². The normalized spacial score (nSPS) is 10.8. The third-order valence-electron chi connectivity index (χ3n) is 0.201. The Morgan fingerprint density at radius 1 is 1.67 bits per heavy atom. The van der Waals surface area contributed by atoms with Crippen molar-refractivity contribution in [1.82, 2.24) is 0 Å². The van der Waals surface area contributed by atoms with Crippen LogP contribution >= 0.6 is 0 Å². The van der Waals surface area contributed by atoms with Gasteiger partial charge in [-0.25, -0.2) is 13.6 Å². The molecule has 4 heteroatoms. The van der Waals surface area contributed by atoms with Crippen LogP contribution in [0.3, 0.4) is 0 Å². The molecule has 0 rings (SSSR count). The average Bonchev–Trinajstić information content (AvgIpc) is 1.35. The lowest BCUT2D eigenvalue weighted by Gasteiger charge is -1.73. The topological polar surface area (TPSA) is 60.2 Å². The third kappa shape index (κ3) is 3.65. The van der Waals surface area contributed by atoms with Crippen LogP contribution in [0.2, 0.25) is 0 Å². The van der Waals surface area contributed by atoms with Gasteiger partial charge in [-0.2, -0.15) is 0 Å². The molecule has 0 spiro atoms. The Bertz CT molecular complexity index is 122. The maximum Gasteiger partial charge on any atom is 0.238 e. The van der Waals surface area contributed by atoms with E-state index >= 15 is 0 Å². The minimum Gasteiger partial charge on any atom is -0.225 e. The molecule has 0 amide bonds. The summed E-state index contributed by atoms with van der Waals surface area (Å²) in [6.45, 7) is 2.79. The first-order valence-corrected chi connectivity index (χ1v) is 2.67. The van der Waals surface area contributed by atoms with Gasteiger partial charge in [0.2, 0.25) is 10.0 Å². The van der Waals surface area contributed by atoms with Crippen molar-refractivity contribution < 1.29 is 8.42 Å². The molecule has 0 aliphatic heterocycles. The van der Waals surface area contributed by atoms with Gasteiger partial charge in [0.05, 0.1) is 5.41 Å². The summed E-state index contributed by atoms with van der Waals surface area (Å²) in [5, 5.41) is 5.94. The highest BCUT2D eigenvalue weighted by atomic mass is 32.2. The fraction of sp³-hybridized carbons (Fsp3) is 0. The second kappa shape index (κ2) is 1.40. The molecule has 0 saturated heterocycles. The number of hydrogen-bond acceptors (Lipinski definition) is 2. The quantitative estimate of drug-likeness (QED) is 0.476. The van der Waals surface area contributed by atoms with Gasteiger partial charge >= 0.3 is 0 Å². The monoisotopic (exact) mass is 106 g/mol. The molecule has 0 heterocycles. The number of primary sulfonamides is 1. The van der Waals surface area contributed by atoms with Crippen molar-refractivity contribution in [2.75, 3.05) is 0 Å². The standard InChI is InChI=1S/C2H4NO2S/c1-2-6(3,4)5/h1H2,(H2,3,4,5). The van der Waals surface area contributed by atoms with Gasteiger partial charge in [0.15, 0.2) is 0 Å². The van der Waals surface area contributed by atoms with Gasteiger partial charge in [0.1, 0.15) is 0 Å². The summed E-state index contributed by atoms with van der Waals surface area (Å²) < 4.78 is 19.2. The molecule has 1 radical (unpaired) electrons. The highest BCUT2D eigenvalue weighted by molar-refractivity contribution is 7.90. The minimum atomic E-state index is -3.52. The second-order valence-electron chi connectivity index (χ2n) is 0.689. The van der Waals surface area contributed by atoms with Gasteiger partial charge in [-0.05, 0) is 0 Å². The highest BCUT2D eigenvalue weighted by Crippen LogP contribution is 1.67. The number of rotatable bonds is 1. The number of sulfonamides is 1. The summed E-state index contributed by atoms with van der Waals surface area (Å²) >= 11 is 0. The molecular weight excluding hydrogens is 102 g/mol. The lowest BCUT2D eigenvalue weighted by atomic mass is 11.3. The van der Waals surface area contributed by atoms with Crippen LogP contribution < -0.4 is 5.14 Å². The van der Waals surface area contributed by atoms with Crippen LogP contribution in [0, 0.1) is 5.41 Å². The van der Waals surface area contributed by atoms with Crippen molar-refractivity contribution in [1.29, 1.82) is 0 Å². The summed E-state index contributed by atoms with van der Waals surface area (Å²) in [5.74, 6) is 0. The van der Waals surface area contributed by atoms with E-state index in [2.05, 4.69) is 11.7 Å². The van der Waals surface area contributed by atoms with Crippen molar-refractivity contribution in [3.05, 3.63) is 12.0 Å². The van der Waals surface area contributed by atoms with Gasteiger partial charge < -0.3 is 0 Å². The molecule has 0 aromatic carbocycles. The molecular formula is C2H4NO2S. The summed E-state index contributed by atoms with van der Waals surface area (Å²) in [6, 6.07) is 0. The molecule has 3 nitrogen and oxygen atoms in total. The van der Waals surface area contributed by atoms with Crippen LogP contribution in [-0.4, -0.2) is 8.42 Å². The van der Waals surface area contributed by atoms with Crippen molar-refractivity contribution in [2.45, 2.75) is 0 Å². The Morgan fingerprint density at radius 2 is 1.83 bits per heavy atom. The van der Waals surface area contributed by atoms with Gasteiger partial charge in [-0.3, -0.25) is 0 Å².